The van der Waals surface area contributed by atoms with Gasteiger partial charge in [-0.25, -0.2) is 9.37 Å². The summed E-state index contributed by atoms with van der Waals surface area (Å²) in [6, 6.07) is 18.1. The number of aromatic nitrogens is 3. The van der Waals surface area contributed by atoms with Crippen LogP contribution in [0.1, 0.15) is 67.6 Å². The maximum absolute atomic E-state index is 14.8. The van der Waals surface area contributed by atoms with Crippen LogP contribution in [0, 0.1) is 5.92 Å². The number of nitrogens with one attached hydrogen (secondary N) is 3. The van der Waals surface area contributed by atoms with Crippen molar-refractivity contribution >= 4 is 51.4 Å². The summed E-state index contributed by atoms with van der Waals surface area (Å²) >= 11 is 7.98. The highest BCUT2D eigenvalue weighted by Crippen LogP contribution is 2.47. The lowest BCUT2D eigenvalue weighted by atomic mass is 10.0. The molecule has 0 saturated carbocycles. The molecule has 7 atom stereocenters. The van der Waals surface area contributed by atoms with Crippen molar-refractivity contribution in [1.29, 1.82) is 0 Å². The minimum Gasteiger partial charge on any atom is -0.464 e. The van der Waals surface area contributed by atoms with E-state index in [4.69, 9.17) is 25.8 Å². The third kappa shape index (κ3) is 7.26. The van der Waals surface area contributed by atoms with E-state index >= 15 is 0 Å². The number of nitrogens with zero attached hydrogens (tertiary/aromatic N) is 4. The number of carbonyl (C=O) groups is 2. The predicted molar refractivity (Wildman–Crippen MR) is 229 cm³/mol. The summed E-state index contributed by atoms with van der Waals surface area (Å²) in [5.41, 5.74) is 6.49. The van der Waals surface area contributed by atoms with Crippen LogP contribution in [0.25, 0.3) is 39.1 Å². The Hall–Kier alpha value is -5.15. The molecular formula is C45H47ClFN7O5S. The Labute approximate surface area is 356 Å². The highest BCUT2D eigenvalue weighted by molar-refractivity contribution is 7.16. The molecule has 3 aromatic heterocycles. The molecule has 5 aliphatic heterocycles. The first-order chi connectivity index (χ1) is 29.2. The fourth-order valence-electron chi connectivity index (χ4n) is 9.17. The van der Waals surface area contributed by atoms with E-state index in [1.165, 1.54) is 11.3 Å². The van der Waals surface area contributed by atoms with Crippen molar-refractivity contribution in [2.75, 3.05) is 32.8 Å². The van der Waals surface area contributed by atoms with E-state index in [1.807, 2.05) is 35.4 Å². The second-order valence-corrected chi connectivity index (χ2v) is 18.1. The van der Waals surface area contributed by atoms with E-state index in [-0.39, 0.29) is 36.9 Å². The van der Waals surface area contributed by atoms with Crippen molar-refractivity contribution in [1.82, 2.24) is 35.0 Å². The minimum absolute atomic E-state index is 0.0204. The van der Waals surface area contributed by atoms with Gasteiger partial charge < -0.3 is 39.6 Å². The second kappa shape index (κ2) is 16.0. The first-order valence-electron chi connectivity index (χ1n) is 20.8. The van der Waals surface area contributed by atoms with Crippen molar-refractivity contribution in [2.45, 2.75) is 75.8 Å². The maximum Gasteiger partial charge on any atom is 0.252 e. The fraction of sp³-hybridized carbons (Fsp3) is 0.400. The molecular weight excluding hydrogens is 805 g/mol. The highest BCUT2D eigenvalue weighted by atomic mass is 35.5. The van der Waals surface area contributed by atoms with Crippen molar-refractivity contribution in [2.24, 2.45) is 5.92 Å². The molecule has 0 aliphatic carbocycles. The predicted octanol–water partition coefficient (Wildman–Crippen LogP) is 7.79. The average molecular weight is 852 g/mol. The van der Waals surface area contributed by atoms with Gasteiger partial charge in [0, 0.05) is 54.5 Å². The average Bonchev–Trinajstić information content (AvgIpc) is 4.11. The number of benzene rings is 2. The van der Waals surface area contributed by atoms with Crippen LogP contribution in [0.5, 0.6) is 5.75 Å². The molecule has 8 heterocycles. The molecule has 12 nitrogen and oxygen atoms in total. The van der Waals surface area contributed by atoms with E-state index < -0.39 is 30.6 Å². The Kier molecular flexibility index (Phi) is 10.4. The largest absolute Gasteiger partial charge is 0.464 e. The molecule has 60 heavy (non-hydrogen) atoms. The monoisotopic (exact) mass is 851 g/mol. The number of ether oxygens (including phenoxy) is 3. The van der Waals surface area contributed by atoms with Crippen LogP contribution in [0.2, 0.25) is 4.34 Å². The molecule has 5 aromatic rings. The third-order valence-corrected chi connectivity index (χ3v) is 13.5. The Morgan fingerprint density at radius 1 is 1.08 bits per heavy atom. The smallest absolute Gasteiger partial charge is 0.252 e. The number of hydrogen-bond donors (Lipinski definition) is 3. The van der Waals surface area contributed by atoms with E-state index in [2.05, 4.69) is 75.1 Å². The van der Waals surface area contributed by atoms with E-state index in [0.717, 1.165) is 74.6 Å². The Morgan fingerprint density at radius 2 is 1.90 bits per heavy atom. The van der Waals surface area contributed by atoms with Crippen LogP contribution < -0.4 is 15.4 Å². The van der Waals surface area contributed by atoms with E-state index in [1.54, 1.807) is 11.1 Å². The molecule has 2 aromatic carbocycles. The molecule has 3 fully saturated rings. The van der Waals surface area contributed by atoms with Gasteiger partial charge >= 0.3 is 0 Å². The number of likely N-dealkylation sites (tertiary alicyclic amines) is 1. The lowest BCUT2D eigenvalue weighted by Crippen LogP contribution is -2.50. The Morgan fingerprint density at radius 3 is 2.67 bits per heavy atom. The number of amides is 2. The van der Waals surface area contributed by atoms with Gasteiger partial charge in [0.25, 0.3) is 11.8 Å². The molecule has 3 N–H and O–H groups in total. The van der Waals surface area contributed by atoms with Crippen molar-refractivity contribution in [3.05, 3.63) is 100 Å². The summed E-state index contributed by atoms with van der Waals surface area (Å²) in [4.78, 5) is 39.3. The molecule has 5 aliphatic rings. The number of carbonyl (C=O) groups excluding carboxylic acids is 2. The number of thiophene rings is 1. The quantitative estimate of drug-likeness (QED) is 0.115. The van der Waals surface area contributed by atoms with Gasteiger partial charge in [0.15, 0.2) is 0 Å². The molecule has 0 bridgehead atoms. The standard InChI is InChI=1S/C45H47ClFN7O5S/c1-3-25(2)22-52(43(55)36-6-4-14-57-36)24-41-48-20-31(50-41)27-8-10-30-34-17-28-16-26(9-11-33(28)54(34)45(59-38(30)18-27)39-12-13-40(46)60-39)32-21-49-42(51-32)35-19-29(47)23-53(35)44(56)37-7-5-15-58-37/h3,8-13,16-18,20-21,25,29,35-37,41,45,48,50H,1,4-7,14-15,19,22-24H2,2H3,(H,49,51)/t25?,29?,35-,36+,37+,41?,45?/m0/s1. The minimum atomic E-state index is -1.12. The number of H-pyrrole nitrogens is 1. The number of aromatic amines is 1. The van der Waals surface area contributed by atoms with Gasteiger partial charge in [-0.2, -0.15) is 0 Å². The number of hydrogen-bond acceptors (Lipinski definition) is 9. The number of imidazole rings is 1. The molecule has 4 unspecified atom stereocenters. The lowest BCUT2D eigenvalue weighted by molar-refractivity contribution is -0.142. The normalized spacial score (nSPS) is 25.0. The van der Waals surface area contributed by atoms with Crippen molar-refractivity contribution in [3.8, 4) is 28.3 Å². The lowest BCUT2D eigenvalue weighted by Gasteiger charge is -2.30. The van der Waals surface area contributed by atoms with Crippen LogP contribution in [-0.2, 0) is 19.1 Å². The zero-order chi connectivity index (χ0) is 41.1. The van der Waals surface area contributed by atoms with Crippen LogP contribution in [0.4, 0.5) is 4.39 Å². The highest BCUT2D eigenvalue weighted by Gasteiger charge is 2.42. The SMILES string of the molecule is C=CC(C)CN(CC1NC=C(c2ccc3c(c2)OC(c2ccc(Cl)s2)n2c-3cc3cc(-c4cnc([C@@H]5CC(F)CN5C(=O)[C@H]5CCCO5)[nH]4)ccc32)N1)C(=O)[C@H]1CCCO1. The third-order valence-electron chi connectivity index (χ3n) is 12.3. The van der Waals surface area contributed by atoms with Crippen LogP contribution in [0.3, 0.4) is 0 Å². The number of halogens is 2. The van der Waals surface area contributed by atoms with Crippen LogP contribution >= 0.6 is 22.9 Å². The van der Waals surface area contributed by atoms with Gasteiger partial charge in [0.1, 0.15) is 36.1 Å². The van der Waals surface area contributed by atoms with Gasteiger partial charge in [-0.15, -0.1) is 17.9 Å². The first-order valence-corrected chi connectivity index (χ1v) is 22.0. The Balaban J connectivity index is 0.921. The summed E-state index contributed by atoms with van der Waals surface area (Å²) in [5, 5.41) is 8.04. The van der Waals surface area contributed by atoms with E-state index in [0.29, 0.717) is 42.9 Å². The molecule has 0 spiro atoms. The summed E-state index contributed by atoms with van der Waals surface area (Å²) in [7, 11) is 0. The zero-order valence-corrected chi connectivity index (χ0v) is 34.8. The molecule has 2 amide bonds. The number of fused-ring (bicyclic) bond motifs is 5. The molecule has 15 heteroatoms. The van der Waals surface area contributed by atoms with Crippen molar-refractivity contribution in [3.63, 3.8) is 0 Å². The number of rotatable bonds is 11. The van der Waals surface area contributed by atoms with Crippen molar-refractivity contribution < 1.29 is 28.2 Å². The van der Waals surface area contributed by atoms with Crippen LogP contribution in [-0.4, -0.2) is 93.5 Å². The first kappa shape index (κ1) is 39.0. The van der Waals surface area contributed by atoms with Crippen LogP contribution in [0.15, 0.2) is 79.6 Å². The van der Waals surface area contributed by atoms with Gasteiger partial charge in [-0.3, -0.25) is 14.2 Å². The fourth-order valence-corrected chi connectivity index (χ4v) is 10.3. The van der Waals surface area contributed by atoms with E-state index in [9.17, 15) is 14.0 Å². The van der Waals surface area contributed by atoms with Gasteiger partial charge in [0.2, 0.25) is 6.23 Å². The Bertz CT molecular complexity index is 2490. The molecule has 0 radical (unpaired) electrons. The molecule has 10 rings (SSSR count). The summed E-state index contributed by atoms with van der Waals surface area (Å²) in [6.07, 6.45) is 6.24. The summed E-state index contributed by atoms with van der Waals surface area (Å²) < 4.78 is 36.0. The van der Waals surface area contributed by atoms with Gasteiger partial charge in [0.05, 0.1) is 57.1 Å². The second-order valence-electron chi connectivity index (χ2n) is 16.4. The summed E-state index contributed by atoms with van der Waals surface area (Å²) in [6.45, 7) is 8.24. The molecule has 312 valence electrons. The summed E-state index contributed by atoms with van der Waals surface area (Å²) in [5.74, 6) is 1.31. The van der Waals surface area contributed by atoms with Gasteiger partial charge in [-0.05, 0) is 74.1 Å². The maximum atomic E-state index is 14.8. The number of alkyl halides is 1. The van der Waals surface area contributed by atoms with Gasteiger partial charge in [-0.1, -0.05) is 36.7 Å². The zero-order valence-electron chi connectivity index (χ0n) is 33.2. The molecule has 3 saturated heterocycles. The topological polar surface area (TPSA) is 126 Å².